The predicted molar refractivity (Wildman–Crippen MR) is 117 cm³/mol. The molecule has 4 rings (SSSR count). The lowest BCUT2D eigenvalue weighted by Crippen LogP contribution is -2.34. The normalized spacial score (nSPS) is 11.2. The van der Waals surface area contributed by atoms with Crippen molar-refractivity contribution in [3.8, 4) is 5.75 Å². The Balaban J connectivity index is 2.07. The number of methoxy groups -OCH3 is 1. The van der Waals surface area contributed by atoms with Crippen LogP contribution in [0.1, 0.15) is 5.56 Å². The zero-order valence-corrected chi connectivity index (χ0v) is 17.9. The standard InChI is InChI=1S/C19H17BBrClN4O2/c1-11-5-4-6-13(22)18(11)26(20(2)27)19-16-9-23-10-25(16)15-7-12(21)17(28-3)8-14(15)24-19/h4-10,27H,1-3H3. The minimum atomic E-state index is -0.861. The lowest BCUT2D eigenvalue weighted by Gasteiger charge is -2.28. The summed E-state index contributed by atoms with van der Waals surface area (Å²) in [5.74, 6) is 1.23. The van der Waals surface area contributed by atoms with Crippen LogP contribution >= 0.6 is 27.5 Å². The van der Waals surface area contributed by atoms with Crippen molar-refractivity contribution in [2.24, 2.45) is 0 Å². The van der Waals surface area contributed by atoms with Crippen LogP contribution in [-0.4, -0.2) is 33.6 Å². The maximum atomic E-state index is 10.6. The highest BCUT2D eigenvalue weighted by Gasteiger charge is 2.27. The summed E-state index contributed by atoms with van der Waals surface area (Å²) in [4.78, 5) is 10.9. The molecule has 0 fully saturated rings. The SMILES string of the molecule is COc1cc2nc(N(B(C)O)c3c(C)cccc3Cl)c3cncn3c2cc1Br. The predicted octanol–water partition coefficient (Wildman–Crippen LogP) is 4.86. The Morgan fingerprint density at radius 2 is 2.07 bits per heavy atom. The van der Waals surface area contributed by atoms with Crippen molar-refractivity contribution >= 4 is 62.6 Å². The second-order valence-corrected chi connectivity index (χ2v) is 7.73. The third kappa shape index (κ3) is 3.01. The maximum Gasteiger partial charge on any atom is 0.415 e. The Bertz CT molecular complexity index is 1180. The molecule has 0 unspecified atom stereocenters. The number of hydrogen-bond acceptors (Lipinski definition) is 5. The van der Waals surface area contributed by atoms with Crippen LogP contribution in [0.5, 0.6) is 5.75 Å². The minimum absolute atomic E-state index is 0.536. The second kappa shape index (κ2) is 7.27. The van der Waals surface area contributed by atoms with Crippen LogP contribution in [0.4, 0.5) is 11.5 Å². The molecule has 0 atom stereocenters. The first-order valence-corrected chi connectivity index (χ1v) is 9.81. The van der Waals surface area contributed by atoms with E-state index >= 15 is 0 Å². The van der Waals surface area contributed by atoms with Crippen molar-refractivity contribution in [2.45, 2.75) is 13.7 Å². The quantitative estimate of drug-likeness (QED) is 0.442. The highest BCUT2D eigenvalue weighted by Crippen LogP contribution is 2.38. The number of imidazole rings is 1. The number of aromatic nitrogens is 3. The fourth-order valence-corrected chi connectivity index (χ4v) is 4.18. The van der Waals surface area contributed by atoms with Gasteiger partial charge in [0.15, 0.2) is 0 Å². The van der Waals surface area contributed by atoms with Gasteiger partial charge >= 0.3 is 7.05 Å². The molecule has 0 aliphatic heterocycles. The molecule has 0 radical (unpaired) electrons. The van der Waals surface area contributed by atoms with Crippen LogP contribution in [0.15, 0.2) is 47.3 Å². The molecule has 6 nitrogen and oxygen atoms in total. The summed E-state index contributed by atoms with van der Waals surface area (Å²) in [5.41, 5.74) is 3.96. The largest absolute Gasteiger partial charge is 0.495 e. The number of benzene rings is 2. The number of anilines is 2. The molecule has 2 aromatic carbocycles. The smallest absolute Gasteiger partial charge is 0.415 e. The van der Waals surface area contributed by atoms with Crippen molar-refractivity contribution in [1.82, 2.24) is 14.4 Å². The Kier molecular flexibility index (Phi) is 4.95. The first-order chi connectivity index (χ1) is 13.4. The van der Waals surface area contributed by atoms with Crippen molar-refractivity contribution in [1.29, 1.82) is 0 Å². The van der Waals surface area contributed by atoms with E-state index < -0.39 is 7.05 Å². The van der Waals surface area contributed by atoms with E-state index in [1.54, 1.807) is 37.3 Å². The van der Waals surface area contributed by atoms with Crippen LogP contribution in [0, 0.1) is 6.92 Å². The third-order valence-electron chi connectivity index (χ3n) is 4.63. The third-order valence-corrected chi connectivity index (χ3v) is 5.56. The van der Waals surface area contributed by atoms with Gasteiger partial charge < -0.3 is 14.6 Å². The van der Waals surface area contributed by atoms with E-state index in [4.69, 9.17) is 21.3 Å². The molecule has 142 valence electrons. The van der Waals surface area contributed by atoms with Gasteiger partial charge in [-0.1, -0.05) is 23.7 Å². The Morgan fingerprint density at radius 3 is 2.75 bits per heavy atom. The van der Waals surface area contributed by atoms with Crippen molar-refractivity contribution in [3.05, 3.63) is 57.9 Å². The summed E-state index contributed by atoms with van der Waals surface area (Å²) in [6.07, 6.45) is 3.45. The Labute approximate surface area is 176 Å². The second-order valence-electron chi connectivity index (χ2n) is 6.47. The van der Waals surface area contributed by atoms with E-state index in [0.717, 1.165) is 21.1 Å². The first-order valence-electron chi connectivity index (χ1n) is 8.64. The lowest BCUT2D eigenvalue weighted by atomic mass is 9.83. The Morgan fingerprint density at radius 1 is 1.29 bits per heavy atom. The number of nitrogens with zero attached hydrogens (tertiary/aromatic N) is 4. The molecule has 0 bridgehead atoms. The molecular weight excluding hydrogens is 442 g/mol. The van der Waals surface area contributed by atoms with E-state index in [1.165, 1.54) is 0 Å². The number of aryl methyl sites for hydroxylation is 1. The van der Waals surface area contributed by atoms with Gasteiger partial charge in [-0.3, -0.25) is 4.40 Å². The van der Waals surface area contributed by atoms with Gasteiger partial charge in [0.25, 0.3) is 0 Å². The van der Waals surface area contributed by atoms with E-state index in [-0.39, 0.29) is 0 Å². The van der Waals surface area contributed by atoms with E-state index in [9.17, 15) is 5.02 Å². The van der Waals surface area contributed by atoms with Gasteiger partial charge in [-0.15, -0.1) is 0 Å². The summed E-state index contributed by atoms with van der Waals surface area (Å²) in [6.45, 7) is 3.63. The highest BCUT2D eigenvalue weighted by molar-refractivity contribution is 9.10. The number of hydrogen-bond donors (Lipinski definition) is 1. The zero-order chi connectivity index (χ0) is 20.0. The molecule has 4 aromatic rings. The molecule has 0 amide bonds. The van der Waals surface area contributed by atoms with Gasteiger partial charge in [0, 0.05) is 6.07 Å². The molecule has 0 saturated carbocycles. The van der Waals surface area contributed by atoms with Crippen molar-refractivity contribution < 1.29 is 9.76 Å². The van der Waals surface area contributed by atoms with E-state index in [1.807, 2.05) is 35.6 Å². The summed E-state index contributed by atoms with van der Waals surface area (Å²) >= 11 is 10.0. The fraction of sp³-hybridized carbons (Fsp3) is 0.158. The molecule has 0 aliphatic carbocycles. The summed E-state index contributed by atoms with van der Waals surface area (Å²) in [6, 6.07) is 9.42. The molecule has 2 heterocycles. The van der Waals surface area contributed by atoms with Crippen LogP contribution in [0.3, 0.4) is 0 Å². The summed E-state index contributed by atoms with van der Waals surface area (Å²) < 4.78 is 8.18. The number of ether oxygens (including phenoxy) is 1. The lowest BCUT2D eigenvalue weighted by molar-refractivity contribution is 0.412. The summed E-state index contributed by atoms with van der Waals surface area (Å²) in [5, 5.41) is 11.2. The van der Waals surface area contributed by atoms with Crippen LogP contribution < -0.4 is 9.55 Å². The molecule has 0 spiro atoms. The van der Waals surface area contributed by atoms with Gasteiger partial charge in [0.2, 0.25) is 0 Å². The maximum absolute atomic E-state index is 10.6. The van der Waals surface area contributed by atoms with Gasteiger partial charge in [-0.25, -0.2) is 9.97 Å². The van der Waals surface area contributed by atoms with Crippen LogP contribution in [-0.2, 0) is 0 Å². The molecule has 9 heteroatoms. The number of fused-ring (bicyclic) bond motifs is 3. The topological polar surface area (TPSA) is 62.9 Å². The average molecular weight is 460 g/mol. The van der Waals surface area contributed by atoms with Crippen LogP contribution in [0.2, 0.25) is 11.8 Å². The minimum Gasteiger partial charge on any atom is -0.495 e. The van der Waals surface area contributed by atoms with Gasteiger partial charge in [0.1, 0.15) is 17.1 Å². The molecule has 1 N–H and O–H groups in total. The first kappa shape index (κ1) is 19.0. The average Bonchev–Trinajstić information content (AvgIpc) is 3.14. The zero-order valence-electron chi connectivity index (χ0n) is 15.5. The number of rotatable bonds is 4. The van der Waals surface area contributed by atoms with E-state index in [2.05, 4.69) is 20.9 Å². The van der Waals surface area contributed by atoms with Crippen LogP contribution in [0.25, 0.3) is 16.6 Å². The monoisotopic (exact) mass is 458 g/mol. The molecule has 2 aromatic heterocycles. The van der Waals surface area contributed by atoms with E-state index in [0.29, 0.717) is 27.8 Å². The fourth-order valence-electron chi connectivity index (χ4n) is 3.37. The summed E-state index contributed by atoms with van der Waals surface area (Å²) in [7, 11) is 0.747. The van der Waals surface area contributed by atoms with Gasteiger partial charge in [-0.05, 0) is 47.4 Å². The van der Waals surface area contributed by atoms with Gasteiger partial charge in [-0.2, -0.15) is 0 Å². The van der Waals surface area contributed by atoms with Crippen molar-refractivity contribution in [3.63, 3.8) is 0 Å². The number of halogens is 2. The molecule has 0 aliphatic rings. The highest BCUT2D eigenvalue weighted by atomic mass is 79.9. The molecule has 28 heavy (non-hydrogen) atoms. The Hall–Kier alpha value is -2.29. The molecule has 0 saturated heterocycles. The molecular formula is C19H17BBrClN4O2. The van der Waals surface area contributed by atoms with Gasteiger partial charge in [0.05, 0.1) is 45.9 Å². The van der Waals surface area contributed by atoms with Crippen molar-refractivity contribution in [2.75, 3.05) is 11.9 Å². The number of para-hydroxylation sites is 1.